The predicted molar refractivity (Wildman–Crippen MR) is 80.6 cm³/mol. The van der Waals surface area contributed by atoms with Crippen LogP contribution < -0.4 is 20.9 Å². The van der Waals surface area contributed by atoms with E-state index in [4.69, 9.17) is 4.74 Å². The van der Waals surface area contributed by atoms with Gasteiger partial charge in [0.05, 0.1) is 18.8 Å². The number of aliphatic hydroxyl groups is 1. The second-order valence-electron chi connectivity index (χ2n) is 7.19. The minimum atomic E-state index is -0.567. The molecule has 0 radical (unpaired) electrons. The van der Waals surface area contributed by atoms with Gasteiger partial charge in [-0.3, -0.25) is 9.59 Å². The minimum Gasteiger partial charge on any atom is -0.488 e. The van der Waals surface area contributed by atoms with Crippen molar-refractivity contribution >= 4 is 5.69 Å². The number of anilines is 1. The zero-order valence-corrected chi connectivity index (χ0v) is 13.0. The molecule has 4 atom stereocenters. The molecule has 21 heavy (non-hydrogen) atoms. The molecule has 0 aromatic heterocycles. The lowest BCUT2D eigenvalue weighted by Gasteiger charge is -2.37. The minimum absolute atomic E-state index is 0.00717. The van der Waals surface area contributed by atoms with E-state index in [0.29, 0.717) is 6.61 Å². The van der Waals surface area contributed by atoms with Crippen molar-refractivity contribution in [2.45, 2.75) is 52.7 Å². The van der Waals surface area contributed by atoms with Crippen LogP contribution in [0.25, 0.3) is 0 Å². The summed E-state index contributed by atoms with van der Waals surface area (Å²) in [4.78, 5) is 23.3. The maximum Gasteiger partial charge on any atom is 0.272 e. The summed E-state index contributed by atoms with van der Waals surface area (Å²) in [5, 5.41) is 13.8. The molecule has 1 aromatic carbocycles. The Morgan fingerprint density at radius 3 is 2.48 bits per heavy atom. The summed E-state index contributed by atoms with van der Waals surface area (Å²) >= 11 is 0. The first-order valence-electron chi connectivity index (χ1n) is 7.66. The first kappa shape index (κ1) is 14.6. The van der Waals surface area contributed by atoms with E-state index in [-0.39, 0.29) is 34.2 Å². The van der Waals surface area contributed by atoms with Crippen LogP contribution in [0, 0.1) is 16.7 Å². The fraction of sp³-hybridized carbons (Fsp3) is 0.750. The van der Waals surface area contributed by atoms with Crippen LogP contribution in [-0.4, -0.2) is 23.9 Å². The zero-order chi connectivity index (χ0) is 15.6. The molecule has 0 amide bonds. The summed E-state index contributed by atoms with van der Waals surface area (Å²) in [6, 6.07) is -0.193. The number of ether oxygens (including phenoxy) is 1. The molecular formula is C16H23NO4. The summed E-state index contributed by atoms with van der Waals surface area (Å²) in [5.74, 6) is 0.414. The molecule has 0 aliphatic heterocycles. The van der Waals surface area contributed by atoms with Crippen molar-refractivity contribution in [3.63, 3.8) is 0 Å². The Hall–Kier alpha value is -1.36. The van der Waals surface area contributed by atoms with Crippen molar-refractivity contribution in [2.24, 2.45) is 16.7 Å². The molecule has 1 aromatic rings. The highest BCUT2D eigenvalue weighted by atomic mass is 16.5. The van der Waals surface area contributed by atoms with Gasteiger partial charge in [0, 0.05) is 5.41 Å². The summed E-state index contributed by atoms with van der Waals surface area (Å²) in [6.45, 7) is 8.60. The van der Waals surface area contributed by atoms with E-state index in [0.717, 1.165) is 12.8 Å². The summed E-state index contributed by atoms with van der Waals surface area (Å²) in [5.41, 5.74) is -0.997. The van der Waals surface area contributed by atoms with Gasteiger partial charge in [-0.15, -0.1) is 0 Å². The van der Waals surface area contributed by atoms with Crippen LogP contribution >= 0.6 is 0 Å². The summed E-state index contributed by atoms with van der Waals surface area (Å²) in [7, 11) is 0. The van der Waals surface area contributed by atoms with Crippen LogP contribution in [0.3, 0.4) is 0 Å². The monoisotopic (exact) mass is 293 g/mol. The fourth-order valence-corrected chi connectivity index (χ4v) is 4.47. The van der Waals surface area contributed by atoms with Crippen molar-refractivity contribution in [3.05, 3.63) is 20.4 Å². The smallest absolute Gasteiger partial charge is 0.272 e. The Morgan fingerprint density at radius 1 is 1.29 bits per heavy atom. The van der Waals surface area contributed by atoms with E-state index < -0.39 is 17.0 Å². The number of rotatable bonds is 4. The van der Waals surface area contributed by atoms with Gasteiger partial charge >= 0.3 is 0 Å². The van der Waals surface area contributed by atoms with Gasteiger partial charge in [0.25, 0.3) is 10.9 Å². The molecule has 2 aliphatic rings. The Bertz CT molecular complexity index is 643. The Morgan fingerprint density at radius 2 is 1.95 bits per heavy atom. The third kappa shape index (κ3) is 1.61. The van der Waals surface area contributed by atoms with Gasteiger partial charge in [-0.05, 0) is 31.1 Å². The lowest BCUT2D eigenvalue weighted by atomic mass is 9.70. The first-order valence-corrected chi connectivity index (χ1v) is 7.66. The predicted octanol–water partition coefficient (Wildman–Crippen LogP) is 1.28. The standard InChI is InChI=1S/C16H23NO4/c1-5-21-13-10(11(18)12(13)19)17-9-8-6-7-16(4,14(9)20)15(8,2)3/h8-9,14,17,20H,5-7H2,1-4H3/t8-,9-,14-,16+/m1/s1. The molecule has 116 valence electrons. The normalized spacial score (nSPS) is 37.1. The van der Waals surface area contributed by atoms with Gasteiger partial charge in [-0.2, -0.15) is 0 Å². The Balaban J connectivity index is 1.90. The number of aliphatic hydroxyl groups excluding tert-OH is 1. The fourth-order valence-electron chi connectivity index (χ4n) is 4.47. The van der Waals surface area contributed by atoms with Gasteiger partial charge in [0.1, 0.15) is 5.69 Å². The van der Waals surface area contributed by atoms with Crippen molar-refractivity contribution in [1.82, 2.24) is 0 Å². The average Bonchev–Trinajstić information content (AvgIpc) is 2.75. The summed E-state index contributed by atoms with van der Waals surface area (Å²) < 4.78 is 5.24. The zero-order valence-electron chi connectivity index (χ0n) is 13.0. The highest BCUT2D eigenvalue weighted by molar-refractivity contribution is 5.63. The lowest BCUT2D eigenvalue weighted by molar-refractivity contribution is 0.00843. The van der Waals surface area contributed by atoms with E-state index in [1.165, 1.54) is 0 Å². The molecular weight excluding hydrogens is 270 g/mol. The molecule has 2 aliphatic carbocycles. The number of hydrogen-bond acceptors (Lipinski definition) is 5. The van der Waals surface area contributed by atoms with E-state index in [9.17, 15) is 14.7 Å². The van der Waals surface area contributed by atoms with Crippen molar-refractivity contribution < 1.29 is 9.84 Å². The topological polar surface area (TPSA) is 75.6 Å². The molecule has 3 rings (SSSR count). The van der Waals surface area contributed by atoms with Gasteiger partial charge in [-0.1, -0.05) is 20.8 Å². The van der Waals surface area contributed by atoms with Crippen LogP contribution in [-0.2, 0) is 0 Å². The van der Waals surface area contributed by atoms with Gasteiger partial charge in [0.2, 0.25) is 0 Å². The Kier molecular flexibility index (Phi) is 3.00. The summed E-state index contributed by atoms with van der Waals surface area (Å²) in [6.07, 6.45) is 1.50. The quantitative estimate of drug-likeness (QED) is 0.818. The molecule has 5 nitrogen and oxygen atoms in total. The second kappa shape index (κ2) is 4.32. The van der Waals surface area contributed by atoms with E-state index in [1.807, 2.05) is 0 Å². The first-order chi connectivity index (χ1) is 9.75. The van der Waals surface area contributed by atoms with Gasteiger partial charge in [0.15, 0.2) is 5.75 Å². The highest BCUT2D eigenvalue weighted by Crippen LogP contribution is 2.65. The van der Waals surface area contributed by atoms with Crippen molar-refractivity contribution in [2.75, 3.05) is 11.9 Å². The number of fused-ring (bicyclic) bond motifs is 2. The molecule has 0 heterocycles. The maximum atomic E-state index is 11.8. The van der Waals surface area contributed by atoms with Crippen molar-refractivity contribution in [3.8, 4) is 5.75 Å². The van der Waals surface area contributed by atoms with Gasteiger partial charge in [-0.25, -0.2) is 0 Å². The lowest BCUT2D eigenvalue weighted by Crippen LogP contribution is -2.46. The molecule has 0 unspecified atom stereocenters. The number of nitrogens with one attached hydrogen (secondary N) is 1. The second-order valence-corrected chi connectivity index (χ2v) is 7.19. The number of hydrogen-bond donors (Lipinski definition) is 2. The largest absolute Gasteiger partial charge is 0.488 e. The highest BCUT2D eigenvalue weighted by Gasteiger charge is 2.66. The molecule has 5 heteroatoms. The molecule has 0 saturated heterocycles. The molecule has 2 saturated carbocycles. The SMILES string of the molecule is CCOc1c(N[C@@H]2[C@H]3CC[C@@](C)([C@@H]2O)C3(C)C)c(=O)c1=O. The van der Waals surface area contributed by atoms with Gasteiger partial charge < -0.3 is 15.2 Å². The van der Waals surface area contributed by atoms with Crippen LogP contribution in [0.15, 0.2) is 9.59 Å². The van der Waals surface area contributed by atoms with E-state index in [2.05, 4.69) is 26.1 Å². The van der Waals surface area contributed by atoms with Crippen LogP contribution in [0.4, 0.5) is 5.69 Å². The van der Waals surface area contributed by atoms with Crippen LogP contribution in [0.2, 0.25) is 0 Å². The molecule has 2 bridgehead atoms. The maximum absolute atomic E-state index is 11.8. The van der Waals surface area contributed by atoms with Crippen LogP contribution in [0.1, 0.15) is 40.5 Å². The third-order valence-electron chi connectivity index (χ3n) is 6.27. The van der Waals surface area contributed by atoms with Crippen LogP contribution in [0.5, 0.6) is 5.75 Å². The van der Waals surface area contributed by atoms with E-state index >= 15 is 0 Å². The third-order valence-corrected chi connectivity index (χ3v) is 6.27. The van der Waals surface area contributed by atoms with Crippen molar-refractivity contribution in [1.29, 1.82) is 0 Å². The van der Waals surface area contributed by atoms with E-state index in [1.54, 1.807) is 6.92 Å². The Labute approximate surface area is 124 Å². The molecule has 0 spiro atoms. The molecule has 2 N–H and O–H groups in total. The molecule has 2 fully saturated rings. The average molecular weight is 293 g/mol.